The van der Waals surface area contributed by atoms with Crippen molar-refractivity contribution >= 4 is 5.97 Å². The van der Waals surface area contributed by atoms with Gasteiger partial charge in [0, 0.05) is 13.2 Å². The molecule has 2 rings (SSSR count). The number of rotatable bonds is 5. The lowest BCUT2D eigenvalue weighted by Gasteiger charge is -2.25. The molecule has 4 heteroatoms. The summed E-state index contributed by atoms with van der Waals surface area (Å²) in [5, 5.41) is 3.26. The topological polar surface area (TPSA) is 47.6 Å². The van der Waals surface area contributed by atoms with Crippen molar-refractivity contribution in [2.45, 2.75) is 31.4 Å². The first kappa shape index (κ1) is 14.0. The van der Waals surface area contributed by atoms with E-state index in [1.165, 1.54) is 13.5 Å². The molecule has 0 radical (unpaired) electrons. The number of benzene rings is 1. The van der Waals surface area contributed by atoms with Gasteiger partial charge in [0.2, 0.25) is 0 Å². The van der Waals surface area contributed by atoms with Crippen LogP contribution < -0.4 is 5.32 Å². The van der Waals surface area contributed by atoms with Gasteiger partial charge >= 0.3 is 5.97 Å². The molecule has 0 amide bonds. The Hall–Kier alpha value is -1.39. The third kappa shape index (κ3) is 4.04. The molecule has 1 heterocycles. The Balaban J connectivity index is 1.96. The van der Waals surface area contributed by atoms with Crippen molar-refractivity contribution < 1.29 is 14.3 Å². The molecule has 0 bridgehead atoms. The fourth-order valence-electron chi connectivity index (χ4n) is 2.32. The van der Waals surface area contributed by atoms with Crippen molar-refractivity contribution in [2.75, 3.05) is 20.3 Å². The van der Waals surface area contributed by atoms with Crippen molar-refractivity contribution in [2.24, 2.45) is 0 Å². The molecule has 1 aliphatic rings. The minimum atomic E-state index is -0.420. The van der Waals surface area contributed by atoms with Gasteiger partial charge in [0.1, 0.15) is 6.04 Å². The second-order valence-electron chi connectivity index (χ2n) is 4.76. The maximum Gasteiger partial charge on any atom is 0.327 e. The molecule has 2 unspecified atom stereocenters. The van der Waals surface area contributed by atoms with Crippen LogP contribution in [0.5, 0.6) is 0 Å². The Kier molecular flexibility index (Phi) is 5.36. The van der Waals surface area contributed by atoms with E-state index in [9.17, 15) is 4.79 Å². The monoisotopic (exact) mass is 263 g/mol. The van der Waals surface area contributed by atoms with Gasteiger partial charge < -0.3 is 9.47 Å². The van der Waals surface area contributed by atoms with Crippen LogP contribution in [0.15, 0.2) is 30.3 Å². The standard InChI is InChI=1S/C15H21NO3/c1-18-15(17)14(12-7-3-2-4-8-12)16-11-13-9-5-6-10-19-13/h2-4,7-8,13-14,16H,5-6,9-11H2,1H3. The zero-order valence-corrected chi connectivity index (χ0v) is 11.3. The number of ether oxygens (including phenoxy) is 2. The van der Waals surface area contributed by atoms with Gasteiger partial charge in [-0.2, -0.15) is 0 Å². The third-order valence-corrected chi connectivity index (χ3v) is 3.39. The van der Waals surface area contributed by atoms with Crippen molar-refractivity contribution in [3.05, 3.63) is 35.9 Å². The lowest BCUT2D eigenvalue weighted by Crippen LogP contribution is -2.37. The molecule has 0 aromatic heterocycles. The summed E-state index contributed by atoms with van der Waals surface area (Å²) in [5.41, 5.74) is 0.921. The van der Waals surface area contributed by atoms with Gasteiger partial charge in [-0.1, -0.05) is 30.3 Å². The molecular formula is C15H21NO3. The molecule has 1 fully saturated rings. The molecule has 1 aliphatic heterocycles. The maximum absolute atomic E-state index is 11.9. The molecule has 1 aromatic carbocycles. The van der Waals surface area contributed by atoms with Gasteiger partial charge in [-0.05, 0) is 24.8 Å². The quantitative estimate of drug-likeness (QED) is 0.826. The van der Waals surface area contributed by atoms with Crippen molar-refractivity contribution in [3.63, 3.8) is 0 Å². The van der Waals surface area contributed by atoms with Crippen LogP contribution >= 0.6 is 0 Å². The van der Waals surface area contributed by atoms with E-state index in [4.69, 9.17) is 9.47 Å². The van der Waals surface area contributed by atoms with Gasteiger partial charge in [0.25, 0.3) is 0 Å². The van der Waals surface area contributed by atoms with Gasteiger partial charge in [-0.25, -0.2) is 4.79 Å². The van der Waals surface area contributed by atoms with Crippen molar-refractivity contribution in [1.29, 1.82) is 0 Å². The molecule has 0 aliphatic carbocycles. The van der Waals surface area contributed by atoms with Crippen LogP contribution in [-0.4, -0.2) is 32.3 Å². The molecule has 1 aromatic rings. The fourth-order valence-corrected chi connectivity index (χ4v) is 2.32. The van der Waals surface area contributed by atoms with Gasteiger partial charge in [-0.3, -0.25) is 5.32 Å². The predicted octanol–water partition coefficient (Wildman–Crippen LogP) is 2.06. The van der Waals surface area contributed by atoms with Crippen LogP contribution in [0.25, 0.3) is 0 Å². The Bertz CT molecular complexity index is 388. The Morgan fingerprint density at radius 2 is 2.21 bits per heavy atom. The average Bonchev–Trinajstić information content (AvgIpc) is 2.49. The summed E-state index contributed by atoms with van der Waals surface area (Å²) < 4.78 is 10.5. The van der Waals surface area contributed by atoms with E-state index in [0.717, 1.165) is 25.0 Å². The van der Waals surface area contributed by atoms with Crippen LogP contribution in [-0.2, 0) is 14.3 Å². The number of carbonyl (C=O) groups is 1. The molecular weight excluding hydrogens is 242 g/mol. The molecule has 1 N–H and O–H groups in total. The Labute approximate surface area is 114 Å². The molecule has 0 saturated carbocycles. The minimum absolute atomic E-state index is 0.199. The highest BCUT2D eigenvalue weighted by atomic mass is 16.5. The number of hydrogen-bond donors (Lipinski definition) is 1. The fraction of sp³-hybridized carbons (Fsp3) is 0.533. The number of hydrogen-bond acceptors (Lipinski definition) is 4. The zero-order chi connectivity index (χ0) is 13.5. The van der Waals surface area contributed by atoms with E-state index in [-0.39, 0.29) is 12.1 Å². The van der Waals surface area contributed by atoms with Crippen LogP contribution in [0.1, 0.15) is 30.9 Å². The van der Waals surface area contributed by atoms with Crippen molar-refractivity contribution in [1.82, 2.24) is 5.32 Å². The predicted molar refractivity (Wildman–Crippen MR) is 72.8 cm³/mol. The highest BCUT2D eigenvalue weighted by Gasteiger charge is 2.23. The van der Waals surface area contributed by atoms with Gasteiger partial charge in [0.05, 0.1) is 13.2 Å². The zero-order valence-electron chi connectivity index (χ0n) is 11.3. The number of methoxy groups -OCH3 is 1. The molecule has 4 nitrogen and oxygen atoms in total. The van der Waals surface area contributed by atoms with E-state index < -0.39 is 6.04 Å². The van der Waals surface area contributed by atoms with Crippen LogP contribution in [0.2, 0.25) is 0 Å². The summed E-state index contributed by atoms with van der Waals surface area (Å²) in [4.78, 5) is 11.9. The molecule has 104 valence electrons. The van der Waals surface area contributed by atoms with Crippen LogP contribution in [0, 0.1) is 0 Å². The van der Waals surface area contributed by atoms with E-state index in [0.29, 0.717) is 6.54 Å². The first-order valence-corrected chi connectivity index (χ1v) is 6.79. The second kappa shape index (κ2) is 7.26. The molecule has 19 heavy (non-hydrogen) atoms. The van der Waals surface area contributed by atoms with E-state index in [1.807, 2.05) is 30.3 Å². The van der Waals surface area contributed by atoms with E-state index in [1.54, 1.807) is 0 Å². The maximum atomic E-state index is 11.9. The summed E-state index contributed by atoms with van der Waals surface area (Å²) in [6.45, 7) is 1.50. The normalized spacial score (nSPS) is 20.8. The first-order chi connectivity index (χ1) is 9.31. The summed E-state index contributed by atoms with van der Waals surface area (Å²) >= 11 is 0. The number of carbonyl (C=O) groups excluding carboxylic acids is 1. The number of esters is 1. The summed E-state index contributed by atoms with van der Waals surface area (Å²) in [7, 11) is 1.41. The molecule has 1 saturated heterocycles. The summed E-state index contributed by atoms with van der Waals surface area (Å²) in [6, 6.07) is 9.21. The third-order valence-electron chi connectivity index (χ3n) is 3.39. The highest BCUT2D eigenvalue weighted by Crippen LogP contribution is 2.16. The Morgan fingerprint density at radius 1 is 1.42 bits per heavy atom. The van der Waals surface area contributed by atoms with Gasteiger partial charge in [-0.15, -0.1) is 0 Å². The molecule has 0 spiro atoms. The first-order valence-electron chi connectivity index (χ1n) is 6.79. The smallest absolute Gasteiger partial charge is 0.327 e. The largest absolute Gasteiger partial charge is 0.468 e. The summed E-state index contributed by atoms with van der Waals surface area (Å²) in [5.74, 6) is -0.262. The average molecular weight is 263 g/mol. The lowest BCUT2D eigenvalue weighted by molar-refractivity contribution is -0.143. The SMILES string of the molecule is COC(=O)C(NCC1CCCCO1)c1ccccc1. The highest BCUT2D eigenvalue weighted by molar-refractivity contribution is 5.77. The van der Waals surface area contributed by atoms with E-state index in [2.05, 4.69) is 5.32 Å². The number of nitrogens with one attached hydrogen (secondary N) is 1. The lowest BCUT2D eigenvalue weighted by atomic mass is 10.1. The molecule has 2 atom stereocenters. The van der Waals surface area contributed by atoms with Crippen LogP contribution in [0.4, 0.5) is 0 Å². The van der Waals surface area contributed by atoms with Crippen LogP contribution in [0.3, 0.4) is 0 Å². The Morgan fingerprint density at radius 3 is 2.84 bits per heavy atom. The summed E-state index contributed by atoms with van der Waals surface area (Å²) in [6.07, 6.45) is 3.58. The van der Waals surface area contributed by atoms with Gasteiger partial charge in [0.15, 0.2) is 0 Å². The van der Waals surface area contributed by atoms with Crippen molar-refractivity contribution in [3.8, 4) is 0 Å². The minimum Gasteiger partial charge on any atom is -0.468 e. The second-order valence-corrected chi connectivity index (χ2v) is 4.76. The van der Waals surface area contributed by atoms with E-state index >= 15 is 0 Å².